The van der Waals surface area contributed by atoms with Gasteiger partial charge in [-0.1, -0.05) is 40.9 Å². The number of benzene rings is 2. The molecular weight excluding hydrogens is 297 g/mol. The van der Waals surface area contributed by atoms with Gasteiger partial charge in [-0.15, -0.1) is 0 Å². The largest absolute Gasteiger partial charge is 0.494 e. The van der Waals surface area contributed by atoms with Crippen LogP contribution in [-0.2, 0) is 0 Å². The van der Waals surface area contributed by atoms with Crippen molar-refractivity contribution in [1.82, 2.24) is 0 Å². The standard InChI is InChI=1S/C13H8Cl3FO/c1-18-12-3-2-7(6-11(12)17)8-4-9(14)13(16)10(15)5-8/h2-6H,1H3. The third-order valence-corrected chi connectivity index (χ3v) is 3.67. The molecule has 0 radical (unpaired) electrons. The monoisotopic (exact) mass is 304 g/mol. The highest BCUT2D eigenvalue weighted by Gasteiger charge is 2.09. The molecule has 94 valence electrons. The first-order chi connectivity index (χ1) is 8.52. The van der Waals surface area contributed by atoms with E-state index in [9.17, 15) is 4.39 Å². The Labute approximate surface area is 119 Å². The average Bonchev–Trinajstić information content (AvgIpc) is 2.35. The molecule has 0 unspecified atom stereocenters. The van der Waals surface area contributed by atoms with E-state index in [0.717, 1.165) is 0 Å². The van der Waals surface area contributed by atoms with Crippen molar-refractivity contribution in [2.45, 2.75) is 0 Å². The molecule has 0 saturated heterocycles. The SMILES string of the molecule is COc1ccc(-c2cc(Cl)c(Cl)c(Cl)c2)cc1F. The fourth-order valence-corrected chi connectivity index (χ4v) is 2.16. The van der Waals surface area contributed by atoms with E-state index >= 15 is 0 Å². The zero-order valence-corrected chi connectivity index (χ0v) is 11.6. The van der Waals surface area contributed by atoms with Gasteiger partial charge in [-0.3, -0.25) is 0 Å². The summed E-state index contributed by atoms with van der Waals surface area (Å²) in [4.78, 5) is 0. The molecule has 2 aromatic carbocycles. The van der Waals surface area contributed by atoms with Gasteiger partial charge in [0.05, 0.1) is 22.2 Å². The lowest BCUT2D eigenvalue weighted by Gasteiger charge is -2.07. The Morgan fingerprint density at radius 1 is 0.944 bits per heavy atom. The molecule has 0 bridgehead atoms. The van der Waals surface area contributed by atoms with E-state index in [4.69, 9.17) is 39.5 Å². The van der Waals surface area contributed by atoms with E-state index in [-0.39, 0.29) is 10.8 Å². The molecule has 0 aliphatic heterocycles. The molecule has 0 amide bonds. The zero-order chi connectivity index (χ0) is 13.3. The molecule has 0 N–H and O–H groups in total. The summed E-state index contributed by atoms with van der Waals surface area (Å²) >= 11 is 17.7. The van der Waals surface area contributed by atoms with Gasteiger partial charge in [0.2, 0.25) is 0 Å². The Morgan fingerprint density at radius 3 is 2.06 bits per heavy atom. The van der Waals surface area contributed by atoms with Crippen molar-refractivity contribution in [3.05, 3.63) is 51.2 Å². The van der Waals surface area contributed by atoms with Gasteiger partial charge in [0.1, 0.15) is 0 Å². The van der Waals surface area contributed by atoms with Crippen LogP contribution in [-0.4, -0.2) is 7.11 Å². The number of halogens is 4. The maximum absolute atomic E-state index is 13.6. The summed E-state index contributed by atoms with van der Waals surface area (Å²) < 4.78 is 18.5. The molecule has 2 rings (SSSR count). The molecule has 0 saturated carbocycles. The van der Waals surface area contributed by atoms with Gasteiger partial charge in [-0.05, 0) is 35.4 Å². The second-order valence-corrected chi connectivity index (χ2v) is 4.80. The lowest BCUT2D eigenvalue weighted by atomic mass is 10.1. The first kappa shape index (κ1) is 13.5. The maximum Gasteiger partial charge on any atom is 0.165 e. The summed E-state index contributed by atoms with van der Waals surface area (Å²) in [5.41, 5.74) is 1.34. The number of hydrogen-bond acceptors (Lipinski definition) is 1. The first-order valence-electron chi connectivity index (χ1n) is 5.01. The second kappa shape index (κ2) is 5.35. The maximum atomic E-state index is 13.6. The van der Waals surface area contributed by atoms with Crippen molar-refractivity contribution >= 4 is 34.8 Å². The Morgan fingerprint density at radius 2 is 1.56 bits per heavy atom. The molecule has 0 atom stereocenters. The normalized spacial score (nSPS) is 10.5. The summed E-state index contributed by atoms with van der Waals surface area (Å²) in [6.45, 7) is 0. The number of rotatable bonds is 2. The minimum Gasteiger partial charge on any atom is -0.494 e. The molecule has 5 heteroatoms. The molecule has 0 aliphatic carbocycles. The van der Waals surface area contributed by atoms with Crippen LogP contribution in [0.4, 0.5) is 4.39 Å². The van der Waals surface area contributed by atoms with Crippen molar-refractivity contribution in [2.75, 3.05) is 7.11 Å². The molecule has 0 fully saturated rings. The van der Waals surface area contributed by atoms with Crippen LogP contribution in [0, 0.1) is 5.82 Å². The summed E-state index contributed by atoms with van der Waals surface area (Å²) in [5.74, 6) is -0.262. The quantitative estimate of drug-likeness (QED) is 0.669. The Bertz CT molecular complexity index is 576. The minimum absolute atomic E-state index is 0.185. The predicted molar refractivity (Wildman–Crippen MR) is 73.4 cm³/mol. The van der Waals surface area contributed by atoms with Gasteiger partial charge >= 0.3 is 0 Å². The summed E-state index contributed by atoms with van der Waals surface area (Å²) in [6, 6.07) is 7.89. The van der Waals surface area contributed by atoms with Gasteiger partial charge in [-0.25, -0.2) is 4.39 Å². The number of ether oxygens (including phenoxy) is 1. The highest BCUT2D eigenvalue weighted by Crippen LogP contribution is 2.35. The number of hydrogen-bond donors (Lipinski definition) is 0. The Balaban J connectivity index is 2.52. The Hall–Kier alpha value is -0.960. The van der Waals surface area contributed by atoms with Crippen molar-refractivity contribution in [3.63, 3.8) is 0 Å². The summed E-state index contributed by atoms with van der Waals surface area (Å²) in [7, 11) is 1.41. The van der Waals surface area contributed by atoms with Gasteiger partial charge in [0.25, 0.3) is 0 Å². The van der Waals surface area contributed by atoms with Crippen molar-refractivity contribution in [1.29, 1.82) is 0 Å². The zero-order valence-electron chi connectivity index (χ0n) is 9.31. The van der Waals surface area contributed by atoms with Gasteiger partial charge < -0.3 is 4.74 Å². The molecular formula is C13H8Cl3FO. The van der Waals surface area contributed by atoms with Crippen LogP contribution in [0.15, 0.2) is 30.3 Å². The first-order valence-corrected chi connectivity index (χ1v) is 6.14. The van der Waals surface area contributed by atoms with E-state index in [1.54, 1.807) is 24.3 Å². The average molecular weight is 306 g/mol. The fourth-order valence-electron chi connectivity index (χ4n) is 1.57. The van der Waals surface area contributed by atoms with Crippen molar-refractivity contribution in [3.8, 4) is 16.9 Å². The van der Waals surface area contributed by atoms with Crippen LogP contribution >= 0.6 is 34.8 Å². The highest BCUT2D eigenvalue weighted by molar-refractivity contribution is 6.48. The predicted octanol–water partition coefficient (Wildman–Crippen LogP) is 5.46. The van der Waals surface area contributed by atoms with E-state index in [1.807, 2.05) is 0 Å². The molecule has 1 nitrogen and oxygen atoms in total. The van der Waals surface area contributed by atoms with Crippen LogP contribution in [0.5, 0.6) is 5.75 Å². The van der Waals surface area contributed by atoms with Gasteiger partial charge in [-0.2, -0.15) is 0 Å². The molecule has 0 aliphatic rings. The van der Waals surface area contributed by atoms with Crippen LogP contribution in [0.1, 0.15) is 0 Å². The Kier molecular flexibility index (Phi) is 4.00. The van der Waals surface area contributed by atoms with Crippen LogP contribution in [0.25, 0.3) is 11.1 Å². The minimum atomic E-state index is -0.447. The third kappa shape index (κ3) is 2.56. The topological polar surface area (TPSA) is 9.23 Å². The van der Waals surface area contributed by atoms with Crippen molar-refractivity contribution in [2.24, 2.45) is 0 Å². The van der Waals surface area contributed by atoms with Crippen molar-refractivity contribution < 1.29 is 9.13 Å². The second-order valence-electron chi connectivity index (χ2n) is 3.60. The van der Waals surface area contributed by atoms with Crippen LogP contribution in [0.2, 0.25) is 15.1 Å². The number of methoxy groups -OCH3 is 1. The van der Waals surface area contributed by atoms with Crippen LogP contribution in [0.3, 0.4) is 0 Å². The highest BCUT2D eigenvalue weighted by atomic mass is 35.5. The van der Waals surface area contributed by atoms with E-state index in [2.05, 4.69) is 0 Å². The lowest BCUT2D eigenvalue weighted by molar-refractivity contribution is 0.386. The lowest BCUT2D eigenvalue weighted by Crippen LogP contribution is -1.89. The van der Waals surface area contributed by atoms with Gasteiger partial charge in [0, 0.05) is 0 Å². The van der Waals surface area contributed by atoms with E-state index in [1.165, 1.54) is 13.2 Å². The smallest absolute Gasteiger partial charge is 0.165 e. The molecule has 2 aromatic rings. The summed E-state index contributed by atoms with van der Waals surface area (Å²) in [5, 5.41) is 0.946. The van der Waals surface area contributed by atoms with E-state index < -0.39 is 5.82 Å². The molecule has 0 aromatic heterocycles. The fraction of sp³-hybridized carbons (Fsp3) is 0.0769. The molecule has 18 heavy (non-hydrogen) atoms. The van der Waals surface area contributed by atoms with Gasteiger partial charge in [0.15, 0.2) is 11.6 Å². The third-order valence-electron chi connectivity index (χ3n) is 2.47. The van der Waals surface area contributed by atoms with E-state index in [0.29, 0.717) is 21.2 Å². The summed E-state index contributed by atoms with van der Waals surface area (Å²) in [6.07, 6.45) is 0. The molecule has 0 spiro atoms. The van der Waals surface area contributed by atoms with Crippen LogP contribution < -0.4 is 4.74 Å². The molecule has 0 heterocycles.